The molecule has 0 atom stereocenters. The average Bonchev–Trinajstić information content (AvgIpc) is 2.52. The highest BCUT2D eigenvalue weighted by molar-refractivity contribution is 6.01. The normalized spacial score (nSPS) is 15.1. The Bertz CT molecular complexity index is 449. The highest BCUT2D eigenvalue weighted by Crippen LogP contribution is 2.32. The molecule has 0 spiro atoms. The Hall–Kier alpha value is -1.55. The van der Waals surface area contributed by atoms with Gasteiger partial charge in [-0.25, -0.2) is 0 Å². The number of benzene rings is 1. The standard InChI is InChI=1S/C13H18N2O2/c1-13(2,17)8-15-11-5-4-10(14-3)6-9(11)7-12(15)16/h4-6,14,17H,7-8H2,1-3H3. The number of amides is 1. The number of nitrogens with one attached hydrogen (secondary N) is 1. The summed E-state index contributed by atoms with van der Waals surface area (Å²) in [6, 6.07) is 5.85. The van der Waals surface area contributed by atoms with Gasteiger partial charge in [0.25, 0.3) is 0 Å². The van der Waals surface area contributed by atoms with Gasteiger partial charge in [0.1, 0.15) is 0 Å². The molecule has 92 valence electrons. The molecule has 0 bridgehead atoms. The van der Waals surface area contributed by atoms with E-state index in [1.165, 1.54) is 0 Å². The van der Waals surface area contributed by atoms with Crippen molar-refractivity contribution in [2.24, 2.45) is 0 Å². The zero-order chi connectivity index (χ0) is 12.6. The largest absolute Gasteiger partial charge is 0.389 e. The molecule has 0 aromatic heterocycles. The zero-order valence-electron chi connectivity index (χ0n) is 10.4. The average molecular weight is 234 g/mol. The monoisotopic (exact) mass is 234 g/mol. The number of hydrogen-bond acceptors (Lipinski definition) is 3. The van der Waals surface area contributed by atoms with Crippen LogP contribution in [0.15, 0.2) is 18.2 Å². The summed E-state index contributed by atoms with van der Waals surface area (Å²) in [6.07, 6.45) is 0.418. The summed E-state index contributed by atoms with van der Waals surface area (Å²) in [4.78, 5) is 13.6. The second-order valence-electron chi connectivity index (χ2n) is 5.06. The third-order valence-electron chi connectivity index (χ3n) is 2.85. The number of hydrogen-bond donors (Lipinski definition) is 2. The quantitative estimate of drug-likeness (QED) is 0.831. The van der Waals surface area contributed by atoms with Gasteiger partial charge in [0, 0.05) is 18.4 Å². The van der Waals surface area contributed by atoms with Crippen LogP contribution < -0.4 is 10.2 Å². The number of nitrogens with zero attached hydrogens (tertiary/aromatic N) is 1. The smallest absolute Gasteiger partial charge is 0.231 e. The summed E-state index contributed by atoms with van der Waals surface area (Å²) < 4.78 is 0. The number of rotatable bonds is 3. The second kappa shape index (κ2) is 4.04. The van der Waals surface area contributed by atoms with Crippen molar-refractivity contribution in [1.29, 1.82) is 0 Å². The Balaban J connectivity index is 2.31. The summed E-state index contributed by atoms with van der Waals surface area (Å²) >= 11 is 0. The maximum atomic E-state index is 11.9. The molecule has 1 aliphatic heterocycles. The predicted molar refractivity (Wildman–Crippen MR) is 68.3 cm³/mol. The molecule has 4 heteroatoms. The topological polar surface area (TPSA) is 52.6 Å². The number of fused-ring (bicyclic) bond motifs is 1. The maximum Gasteiger partial charge on any atom is 0.231 e. The SMILES string of the molecule is CNc1ccc2c(c1)CC(=O)N2CC(C)(C)O. The van der Waals surface area contributed by atoms with Crippen LogP contribution in [0, 0.1) is 0 Å². The lowest BCUT2D eigenvalue weighted by Crippen LogP contribution is -2.40. The molecule has 0 unspecified atom stereocenters. The minimum absolute atomic E-state index is 0.0513. The van der Waals surface area contributed by atoms with Gasteiger partial charge >= 0.3 is 0 Å². The number of anilines is 2. The Morgan fingerprint density at radius 3 is 2.76 bits per heavy atom. The summed E-state index contributed by atoms with van der Waals surface area (Å²) in [6.45, 7) is 3.75. The lowest BCUT2D eigenvalue weighted by molar-refractivity contribution is -0.118. The first-order valence-electron chi connectivity index (χ1n) is 5.74. The molecule has 0 saturated heterocycles. The van der Waals surface area contributed by atoms with Gasteiger partial charge in [-0.3, -0.25) is 4.79 Å². The molecule has 4 nitrogen and oxygen atoms in total. The molecular weight excluding hydrogens is 216 g/mol. The lowest BCUT2D eigenvalue weighted by Gasteiger charge is -2.26. The van der Waals surface area contributed by atoms with Crippen LogP contribution in [0.25, 0.3) is 0 Å². The van der Waals surface area contributed by atoms with Crippen LogP contribution in [0.5, 0.6) is 0 Å². The first-order valence-corrected chi connectivity index (χ1v) is 5.74. The Morgan fingerprint density at radius 2 is 2.18 bits per heavy atom. The van der Waals surface area contributed by atoms with E-state index in [1.54, 1.807) is 18.7 Å². The highest BCUT2D eigenvalue weighted by Gasteiger charge is 2.31. The van der Waals surface area contributed by atoms with Gasteiger partial charge in [-0.1, -0.05) is 0 Å². The van der Waals surface area contributed by atoms with Gasteiger partial charge in [-0.05, 0) is 37.6 Å². The van der Waals surface area contributed by atoms with Crippen LogP contribution in [0.3, 0.4) is 0 Å². The Labute approximate surface area is 101 Å². The Kier molecular flexibility index (Phi) is 2.83. The minimum atomic E-state index is -0.876. The number of aliphatic hydroxyl groups is 1. The third-order valence-corrected chi connectivity index (χ3v) is 2.85. The fourth-order valence-corrected chi connectivity index (χ4v) is 2.10. The van der Waals surface area contributed by atoms with Gasteiger partial charge in [0.2, 0.25) is 5.91 Å². The molecule has 2 rings (SSSR count). The highest BCUT2D eigenvalue weighted by atomic mass is 16.3. The van der Waals surface area contributed by atoms with Crippen molar-refractivity contribution in [2.45, 2.75) is 25.9 Å². The van der Waals surface area contributed by atoms with Gasteiger partial charge < -0.3 is 15.3 Å². The molecule has 0 radical (unpaired) electrons. The lowest BCUT2D eigenvalue weighted by atomic mass is 10.1. The molecule has 0 saturated carbocycles. The van der Waals surface area contributed by atoms with Crippen LogP contribution in [-0.2, 0) is 11.2 Å². The van der Waals surface area contributed by atoms with Crippen molar-refractivity contribution in [3.63, 3.8) is 0 Å². The van der Waals surface area contributed by atoms with Crippen molar-refractivity contribution in [3.8, 4) is 0 Å². The predicted octanol–water partition coefficient (Wildman–Crippen LogP) is 1.39. The Morgan fingerprint density at radius 1 is 1.47 bits per heavy atom. The van der Waals surface area contributed by atoms with E-state index in [-0.39, 0.29) is 5.91 Å². The van der Waals surface area contributed by atoms with Crippen LogP contribution in [0.2, 0.25) is 0 Å². The van der Waals surface area contributed by atoms with Crippen molar-refractivity contribution in [1.82, 2.24) is 0 Å². The molecule has 1 aliphatic rings. The van der Waals surface area contributed by atoms with Crippen LogP contribution in [0.1, 0.15) is 19.4 Å². The molecule has 1 aromatic rings. The van der Waals surface area contributed by atoms with Crippen LogP contribution in [0.4, 0.5) is 11.4 Å². The zero-order valence-corrected chi connectivity index (χ0v) is 10.4. The summed E-state index contributed by atoms with van der Waals surface area (Å²) in [7, 11) is 1.85. The van der Waals surface area contributed by atoms with Crippen molar-refractivity contribution < 1.29 is 9.90 Å². The molecule has 17 heavy (non-hydrogen) atoms. The molecule has 2 N–H and O–H groups in total. The van der Waals surface area contributed by atoms with Crippen molar-refractivity contribution in [3.05, 3.63) is 23.8 Å². The molecule has 1 amide bonds. The number of β-amino-alcohol motifs (C(OH)–C–C–N with tert-alkyl or cyclic N) is 1. The number of carbonyl (C=O) groups excluding carboxylic acids is 1. The first kappa shape index (κ1) is 11.9. The molecule has 0 fully saturated rings. The third kappa shape index (κ3) is 2.42. The fraction of sp³-hybridized carbons (Fsp3) is 0.462. The van der Waals surface area contributed by atoms with Gasteiger partial charge in [0.05, 0.1) is 18.6 Å². The van der Waals surface area contributed by atoms with E-state index in [0.29, 0.717) is 13.0 Å². The van der Waals surface area contributed by atoms with Gasteiger partial charge in [-0.2, -0.15) is 0 Å². The molecule has 0 aliphatic carbocycles. The number of carbonyl (C=O) groups is 1. The van der Waals surface area contributed by atoms with Gasteiger partial charge in [-0.15, -0.1) is 0 Å². The molecule has 1 aromatic carbocycles. The maximum absolute atomic E-state index is 11.9. The summed E-state index contributed by atoms with van der Waals surface area (Å²) in [5.41, 5.74) is 2.06. The van der Waals surface area contributed by atoms with Crippen molar-refractivity contribution >= 4 is 17.3 Å². The van der Waals surface area contributed by atoms with Crippen LogP contribution >= 0.6 is 0 Å². The summed E-state index contributed by atoms with van der Waals surface area (Å²) in [5.74, 6) is 0.0513. The molecular formula is C13H18N2O2. The first-order chi connectivity index (χ1) is 7.90. The fourth-order valence-electron chi connectivity index (χ4n) is 2.10. The summed E-state index contributed by atoms with van der Waals surface area (Å²) in [5, 5.41) is 12.9. The van der Waals surface area contributed by atoms with E-state index in [4.69, 9.17) is 0 Å². The van der Waals surface area contributed by atoms with Gasteiger partial charge in [0.15, 0.2) is 0 Å². The second-order valence-corrected chi connectivity index (χ2v) is 5.06. The minimum Gasteiger partial charge on any atom is -0.389 e. The van der Waals surface area contributed by atoms with Crippen molar-refractivity contribution in [2.75, 3.05) is 23.8 Å². The van der Waals surface area contributed by atoms with E-state index in [1.807, 2.05) is 25.2 Å². The van der Waals surface area contributed by atoms with E-state index in [0.717, 1.165) is 16.9 Å². The van der Waals surface area contributed by atoms with E-state index in [9.17, 15) is 9.90 Å². The van der Waals surface area contributed by atoms with Crippen LogP contribution in [-0.4, -0.2) is 30.2 Å². The van der Waals surface area contributed by atoms with E-state index >= 15 is 0 Å². The van der Waals surface area contributed by atoms with E-state index in [2.05, 4.69) is 5.32 Å². The molecule has 1 heterocycles. The van der Waals surface area contributed by atoms with E-state index < -0.39 is 5.60 Å².